The van der Waals surface area contributed by atoms with Gasteiger partial charge in [0.05, 0.1) is 54.5 Å². The van der Waals surface area contributed by atoms with Gasteiger partial charge in [0.1, 0.15) is 11.6 Å². The van der Waals surface area contributed by atoms with E-state index in [0.29, 0.717) is 90.4 Å². The molecule has 25 heteroatoms. The third kappa shape index (κ3) is 19.7. The van der Waals surface area contributed by atoms with Crippen molar-refractivity contribution >= 4 is 70.9 Å². The van der Waals surface area contributed by atoms with Crippen LogP contribution >= 0.6 is 11.8 Å². The first kappa shape index (κ1) is 73.2. The molecule has 3 aliphatic heterocycles. The van der Waals surface area contributed by atoms with E-state index in [0.717, 1.165) is 30.2 Å². The lowest BCUT2D eigenvalue weighted by Gasteiger charge is -2.43. The average Bonchev–Trinajstić information content (AvgIpc) is 1.65. The van der Waals surface area contributed by atoms with E-state index in [4.69, 9.17) is 25.2 Å². The van der Waals surface area contributed by atoms with Crippen LogP contribution < -0.4 is 27.2 Å². The number of carbonyl (C=O) groups is 10. The quantitative estimate of drug-likeness (QED) is 0.0312. The van der Waals surface area contributed by atoms with Crippen molar-refractivity contribution in [2.45, 2.75) is 210 Å². The molecule has 12 atom stereocenters. The van der Waals surface area contributed by atoms with Gasteiger partial charge in [-0.15, -0.1) is 11.8 Å². The molecular weight excluding hydrogens is 1150 g/mol. The number of likely N-dealkylation sites (N-methyl/N-ethyl adjacent to an activating group) is 2. The predicted molar refractivity (Wildman–Crippen MR) is 332 cm³/mol. The summed E-state index contributed by atoms with van der Waals surface area (Å²) in [6.07, 6.45) is 6.39. The Balaban J connectivity index is 1.09. The largest absolute Gasteiger partial charge is 0.480 e. The number of hydroxylamine groups is 2. The number of ether oxygens (including phenoxy) is 2. The fourth-order valence-electron chi connectivity index (χ4n) is 13.0. The Morgan fingerprint density at radius 1 is 0.818 bits per heavy atom. The van der Waals surface area contributed by atoms with Gasteiger partial charge in [0, 0.05) is 70.8 Å². The van der Waals surface area contributed by atoms with Crippen molar-refractivity contribution in [3.63, 3.8) is 0 Å². The first-order valence-corrected chi connectivity index (χ1v) is 32.8. The second kappa shape index (κ2) is 35.1. The van der Waals surface area contributed by atoms with Crippen molar-refractivity contribution < 1.29 is 67.4 Å². The van der Waals surface area contributed by atoms with E-state index >= 15 is 0 Å². The maximum atomic E-state index is 14.7. The van der Waals surface area contributed by atoms with Gasteiger partial charge < -0.3 is 30.5 Å². The van der Waals surface area contributed by atoms with Gasteiger partial charge >= 0.3 is 5.97 Å². The third-order valence-corrected chi connectivity index (χ3v) is 19.4. The minimum absolute atomic E-state index is 0.00613. The van der Waals surface area contributed by atoms with Crippen molar-refractivity contribution in [2.24, 2.45) is 29.4 Å². The average molecular weight is 1260 g/mol. The molecule has 9 amide bonds. The normalized spacial score (nSPS) is 22.3. The van der Waals surface area contributed by atoms with Crippen LogP contribution in [0.3, 0.4) is 0 Å². The number of thioether (sulfide) groups is 1. The summed E-state index contributed by atoms with van der Waals surface area (Å²) in [6, 6.07) is 6.27. The highest BCUT2D eigenvalue weighted by Crippen LogP contribution is 2.53. The first-order valence-electron chi connectivity index (χ1n) is 31.8. The summed E-state index contributed by atoms with van der Waals surface area (Å²) in [5, 5.41) is 15.6. The number of likely N-dealkylation sites (tertiary alicyclic amines) is 2. The molecule has 0 bridgehead atoms. The maximum absolute atomic E-state index is 14.7. The molecule has 0 aromatic heterocycles. The Kier molecular flexibility index (Phi) is 29.2. The number of hydrogen-bond acceptors (Lipinski definition) is 17. The number of carboxylic acids is 1. The molecule has 3 heterocycles. The van der Waals surface area contributed by atoms with E-state index in [1.165, 1.54) is 9.96 Å². The molecule has 0 spiro atoms. The molecule has 0 radical (unpaired) electrons. The number of carbonyl (C=O) groups excluding carboxylic acids is 9. The van der Waals surface area contributed by atoms with Crippen LogP contribution in [0.2, 0.25) is 0 Å². The predicted octanol–water partition coefficient (Wildman–Crippen LogP) is 4.14. The molecule has 4 fully saturated rings. The minimum Gasteiger partial charge on any atom is -0.480 e. The van der Waals surface area contributed by atoms with E-state index in [1.54, 1.807) is 26.0 Å². The molecule has 88 heavy (non-hydrogen) atoms. The van der Waals surface area contributed by atoms with Gasteiger partial charge in [-0.05, 0) is 102 Å². The molecule has 1 aliphatic carbocycles. The van der Waals surface area contributed by atoms with Crippen LogP contribution in [0.25, 0.3) is 0 Å². The number of amides is 9. The van der Waals surface area contributed by atoms with Crippen molar-refractivity contribution in [1.82, 2.24) is 46.1 Å². The maximum Gasteiger partial charge on any atom is 0.321 e. The fourth-order valence-corrected chi connectivity index (χ4v) is 14.1. The lowest BCUT2D eigenvalue weighted by Crippen LogP contribution is -2.60. The lowest BCUT2D eigenvalue weighted by molar-refractivity contribution is -0.200. The molecule has 4 aliphatic rings. The fraction of sp³-hybridized carbons (Fsp3) is 0.746. The van der Waals surface area contributed by atoms with Gasteiger partial charge in [-0.3, -0.25) is 83.7 Å². The van der Waals surface area contributed by atoms with Gasteiger partial charge in [-0.2, -0.15) is 0 Å². The number of unbranched alkanes of at least 4 members (excludes halogenated alkanes) is 4. The molecule has 1 unspecified atom stereocenters. The number of nitrogens with one attached hydrogen (secondary N) is 4. The lowest BCUT2D eigenvalue weighted by atomic mass is 9.87. The molecule has 7 N–H and O–H groups in total. The van der Waals surface area contributed by atoms with Crippen molar-refractivity contribution in [3.05, 3.63) is 35.9 Å². The summed E-state index contributed by atoms with van der Waals surface area (Å²) in [5.41, 5.74) is 10.2. The third-order valence-electron chi connectivity index (χ3n) is 18.1. The molecule has 1 aromatic rings. The highest BCUT2D eigenvalue weighted by atomic mass is 32.2. The second-order valence-corrected chi connectivity index (χ2v) is 26.4. The van der Waals surface area contributed by atoms with Crippen LogP contribution in [-0.4, -0.2) is 209 Å². The number of rotatable bonds is 36. The van der Waals surface area contributed by atoms with Crippen LogP contribution in [-0.2, 0) is 62.3 Å². The Morgan fingerprint density at radius 2 is 1.45 bits per heavy atom. The van der Waals surface area contributed by atoms with Gasteiger partial charge in [-0.25, -0.2) is 5.06 Å². The Labute approximate surface area is 524 Å². The van der Waals surface area contributed by atoms with Crippen molar-refractivity contribution in [1.29, 1.82) is 0 Å². The topological polar surface area (TPSA) is 309 Å². The molecule has 3 saturated heterocycles. The van der Waals surface area contributed by atoms with E-state index < -0.39 is 76.9 Å². The number of imide groups is 2. The van der Waals surface area contributed by atoms with Crippen molar-refractivity contribution in [3.8, 4) is 0 Å². The summed E-state index contributed by atoms with van der Waals surface area (Å²) in [7, 11) is 6.79. The zero-order valence-corrected chi connectivity index (χ0v) is 54.7. The molecule has 494 valence electrons. The van der Waals surface area contributed by atoms with Crippen LogP contribution in [0.1, 0.15) is 163 Å². The summed E-state index contributed by atoms with van der Waals surface area (Å²) in [5.74, 6) is -5.68. The summed E-state index contributed by atoms with van der Waals surface area (Å²) >= 11 is 1.06. The van der Waals surface area contributed by atoms with Crippen molar-refractivity contribution in [2.75, 3.05) is 66.9 Å². The number of carboxylic acid groups (broad SMARTS) is 1. The van der Waals surface area contributed by atoms with E-state index in [9.17, 15) is 47.9 Å². The first-order chi connectivity index (χ1) is 41.8. The molecular formula is C63H102N10O14S. The summed E-state index contributed by atoms with van der Waals surface area (Å²) in [6.45, 7) is 15.6. The zero-order valence-electron chi connectivity index (χ0n) is 53.9. The second-order valence-electron chi connectivity index (χ2n) is 25.2. The van der Waals surface area contributed by atoms with Crippen LogP contribution in [0.4, 0.5) is 0 Å². The van der Waals surface area contributed by atoms with Crippen LogP contribution in [0, 0.1) is 23.7 Å². The highest BCUT2D eigenvalue weighted by molar-refractivity contribution is 8.00. The zero-order chi connectivity index (χ0) is 65.0. The van der Waals surface area contributed by atoms with Crippen LogP contribution in [0.15, 0.2) is 30.3 Å². The summed E-state index contributed by atoms with van der Waals surface area (Å²) < 4.78 is 12.3. The number of hydrogen-bond donors (Lipinski definition) is 6. The standard InChI is InChI=1S/C63H102N10O14S/c1-12-41(6)55(47(85-10)35-51(76)71-32-24-27-46(71)56(86-11)42(7)57(78)66-63(62(84)73-33-22-23-34-87-73)37-44(63)43-25-16-13-17-26-43)70(9)54(40(4)5)59(80)65-58(79)53(39(2)3)69(8)30-20-14-18-28-49(74)67-68-50(75)29-19-15-21-31-72-52(77)36-48(60(72)81)88-38-45(64)61(82)83/h13,16-17,25-26,39-42,44-48,53-56H,12,14-15,18-24,27-38,64H2,1-11H3,(H,66,78)(H,67,74)(H,68,75)(H,82,83)(H,65,79,80)/t41-,42+,44+,45-,46-,47+,48?,53-,54-,55-,56+,63-/m0/s1. The van der Waals surface area contributed by atoms with E-state index in [1.807, 2.05) is 88.8 Å². The van der Waals surface area contributed by atoms with Crippen LogP contribution in [0.5, 0.6) is 0 Å². The monoisotopic (exact) mass is 1250 g/mol. The molecule has 1 saturated carbocycles. The smallest absolute Gasteiger partial charge is 0.321 e. The highest BCUT2D eigenvalue weighted by Gasteiger charge is 2.64. The van der Waals surface area contributed by atoms with Gasteiger partial charge in [0.15, 0.2) is 0 Å². The molecule has 1 aromatic carbocycles. The number of nitrogens with two attached hydrogens (primary N) is 1. The number of aliphatic carboxylic acids is 1. The number of nitrogens with zero attached hydrogens (tertiary/aromatic N) is 5. The Bertz CT molecular complexity index is 2520. The van der Waals surface area contributed by atoms with E-state index in [2.05, 4.69) is 28.4 Å². The Morgan fingerprint density at radius 3 is 2.03 bits per heavy atom. The molecule has 5 rings (SSSR count). The SMILES string of the molecule is CC[C@H](C)[C@@H]([C@@H](CC(=O)N1CCC[C@H]1[C@H](OC)[C@@H](C)C(=O)N[C@@]1(C(=O)N2CCCCO2)C[C@@H]1c1ccccc1)OC)N(C)[C@H](C(=O)NC(=O)[C@H](C(C)C)N(C)CCCCCC(=O)NNC(=O)CCCCCN1C(=O)CC(SC[C@H](N)C(=O)O)C1=O)C(C)C. The van der Waals surface area contributed by atoms with Gasteiger partial charge in [0.2, 0.25) is 47.3 Å². The van der Waals surface area contributed by atoms with E-state index in [-0.39, 0.29) is 103 Å². The minimum atomic E-state index is -1.18. The number of benzene rings is 1. The van der Waals surface area contributed by atoms with Gasteiger partial charge in [-0.1, -0.05) is 98.1 Å². The Hall–Kier alpha value is -5.57. The number of hydrazine groups is 1. The molecule has 24 nitrogen and oxygen atoms in total. The van der Waals surface area contributed by atoms with Gasteiger partial charge in [0.25, 0.3) is 5.91 Å². The summed E-state index contributed by atoms with van der Waals surface area (Å²) in [4.78, 5) is 146. The number of methoxy groups -OCH3 is 2.